The van der Waals surface area contributed by atoms with Crippen LogP contribution in [0.5, 0.6) is 0 Å². The summed E-state index contributed by atoms with van der Waals surface area (Å²) in [5.41, 5.74) is -0.0715. The molecule has 0 aromatic heterocycles. The van der Waals surface area contributed by atoms with E-state index in [-0.39, 0.29) is 11.8 Å². The largest absolute Gasteiger partial charge is 0.416 e. The van der Waals surface area contributed by atoms with Crippen LogP contribution < -0.4 is 4.72 Å². The van der Waals surface area contributed by atoms with Crippen LogP contribution in [-0.2, 0) is 16.2 Å². The summed E-state index contributed by atoms with van der Waals surface area (Å²) in [4.78, 5) is 1.60. The van der Waals surface area contributed by atoms with Crippen molar-refractivity contribution in [2.75, 3.05) is 24.4 Å². The first kappa shape index (κ1) is 21.6. The van der Waals surface area contributed by atoms with Gasteiger partial charge in [0, 0.05) is 12.2 Å². The van der Waals surface area contributed by atoms with E-state index in [0.29, 0.717) is 18.1 Å². The Morgan fingerprint density at radius 3 is 2.45 bits per heavy atom. The molecule has 9 heteroatoms. The van der Waals surface area contributed by atoms with Crippen molar-refractivity contribution in [3.8, 4) is 0 Å². The molecular weight excluding hydrogens is 408 g/mol. The molecule has 0 spiro atoms. The molecule has 0 radical (unpaired) electrons. The number of anilines is 1. The quantitative estimate of drug-likeness (QED) is 0.667. The van der Waals surface area contributed by atoms with Crippen LogP contribution >= 0.6 is 0 Å². The van der Waals surface area contributed by atoms with E-state index in [1.165, 1.54) is 0 Å². The first-order chi connectivity index (χ1) is 13.6. The Hall–Kier alpha value is -2.13. The van der Waals surface area contributed by atoms with Gasteiger partial charge in [-0.05, 0) is 67.7 Å². The van der Waals surface area contributed by atoms with Gasteiger partial charge in [-0.2, -0.15) is 13.2 Å². The molecule has 1 aliphatic rings. The van der Waals surface area contributed by atoms with Gasteiger partial charge in [-0.15, -0.1) is 0 Å². The molecule has 0 amide bonds. The normalized spacial score (nSPS) is 18.2. The molecule has 0 bridgehead atoms. The number of benzene rings is 2. The van der Waals surface area contributed by atoms with E-state index >= 15 is 0 Å². The third kappa shape index (κ3) is 5.27. The second-order valence-electron chi connectivity index (χ2n) is 7.19. The second kappa shape index (κ2) is 8.31. The van der Waals surface area contributed by atoms with Crippen LogP contribution in [0, 0.1) is 5.82 Å². The average molecular weight is 430 g/mol. The van der Waals surface area contributed by atoms with Gasteiger partial charge in [0.2, 0.25) is 0 Å². The molecule has 1 aliphatic heterocycles. The fourth-order valence-corrected chi connectivity index (χ4v) is 4.66. The Balaban J connectivity index is 1.75. The number of alkyl halides is 3. The van der Waals surface area contributed by atoms with Crippen LogP contribution in [0.3, 0.4) is 0 Å². The maximum absolute atomic E-state index is 13.5. The van der Waals surface area contributed by atoms with Gasteiger partial charge < -0.3 is 4.90 Å². The van der Waals surface area contributed by atoms with Crippen LogP contribution in [-0.4, -0.2) is 33.0 Å². The van der Waals surface area contributed by atoms with Crippen molar-refractivity contribution in [3.05, 3.63) is 59.4 Å². The maximum Gasteiger partial charge on any atom is 0.416 e. The van der Waals surface area contributed by atoms with Crippen LogP contribution in [0.2, 0.25) is 0 Å². The zero-order chi connectivity index (χ0) is 21.2. The van der Waals surface area contributed by atoms with Gasteiger partial charge in [0.05, 0.1) is 10.5 Å². The number of nitrogens with zero attached hydrogens (tertiary/aromatic N) is 1. The molecule has 3 rings (SSSR count). The van der Waals surface area contributed by atoms with Gasteiger partial charge in [0.25, 0.3) is 10.0 Å². The third-order valence-corrected chi connectivity index (χ3v) is 6.32. The van der Waals surface area contributed by atoms with Crippen LogP contribution in [0.25, 0.3) is 0 Å². The smallest absolute Gasteiger partial charge is 0.303 e. The molecule has 0 saturated carbocycles. The highest BCUT2D eigenvalue weighted by Gasteiger charge is 2.33. The Kier molecular flexibility index (Phi) is 6.19. The first-order valence-electron chi connectivity index (χ1n) is 9.31. The summed E-state index contributed by atoms with van der Waals surface area (Å²) in [5, 5.41) is 0. The predicted octanol–water partition coefficient (Wildman–Crippen LogP) is 4.84. The van der Waals surface area contributed by atoms with Crippen molar-refractivity contribution in [2.24, 2.45) is 0 Å². The van der Waals surface area contributed by atoms with Gasteiger partial charge >= 0.3 is 6.18 Å². The van der Waals surface area contributed by atoms with E-state index in [1.54, 1.807) is 12.1 Å². The van der Waals surface area contributed by atoms with Gasteiger partial charge in [0.1, 0.15) is 5.82 Å². The van der Waals surface area contributed by atoms with E-state index in [0.717, 1.165) is 38.0 Å². The highest BCUT2D eigenvalue weighted by molar-refractivity contribution is 7.92. The number of hydrogen-bond donors (Lipinski definition) is 1. The lowest BCUT2D eigenvalue weighted by atomic mass is 9.98. The molecule has 158 valence electrons. The summed E-state index contributed by atoms with van der Waals surface area (Å²) < 4.78 is 79.2. The van der Waals surface area contributed by atoms with Gasteiger partial charge in [-0.3, -0.25) is 4.72 Å². The number of sulfonamides is 1. The van der Waals surface area contributed by atoms with Crippen LogP contribution in [0.4, 0.5) is 23.2 Å². The van der Waals surface area contributed by atoms with Crippen molar-refractivity contribution in [2.45, 2.75) is 36.8 Å². The third-order valence-electron chi connectivity index (χ3n) is 4.96. The standard InChI is InChI=1S/C20H22F4N2O2S/c1-2-8-26-9-7-15(13-26)14-3-5-18(6-4-14)25-29(27,28)19-11-16(20(22,23)24)10-17(21)12-19/h3-6,10-12,15,25H,2,7-9,13H2,1H3/t15-/m1/s1. The number of nitrogens with one attached hydrogen (secondary N) is 1. The molecular formula is C20H22F4N2O2S. The lowest BCUT2D eigenvalue weighted by Crippen LogP contribution is -2.20. The Labute approximate surface area is 167 Å². The lowest BCUT2D eigenvalue weighted by molar-refractivity contribution is -0.137. The number of rotatable bonds is 6. The van der Waals surface area contributed by atoms with Gasteiger partial charge in [0.15, 0.2) is 0 Å². The highest BCUT2D eigenvalue weighted by atomic mass is 32.2. The Morgan fingerprint density at radius 2 is 1.83 bits per heavy atom. The molecule has 1 heterocycles. The monoisotopic (exact) mass is 430 g/mol. The maximum atomic E-state index is 13.5. The van der Waals surface area contributed by atoms with Crippen molar-refractivity contribution < 1.29 is 26.0 Å². The van der Waals surface area contributed by atoms with E-state index in [4.69, 9.17) is 0 Å². The van der Waals surface area contributed by atoms with Crippen molar-refractivity contribution >= 4 is 15.7 Å². The molecule has 1 fully saturated rings. The predicted molar refractivity (Wildman–Crippen MR) is 103 cm³/mol. The fourth-order valence-electron chi connectivity index (χ4n) is 3.54. The van der Waals surface area contributed by atoms with Gasteiger partial charge in [-0.1, -0.05) is 19.1 Å². The lowest BCUT2D eigenvalue weighted by Gasteiger charge is -2.15. The minimum absolute atomic E-state index is 0.204. The van der Waals surface area contributed by atoms with E-state index in [1.807, 2.05) is 12.1 Å². The summed E-state index contributed by atoms with van der Waals surface area (Å²) in [6, 6.07) is 8.00. The van der Waals surface area contributed by atoms with E-state index < -0.39 is 32.5 Å². The molecule has 1 N–H and O–H groups in total. The van der Waals surface area contributed by atoms with Gasteiger partial charge in [-0.25, -0.2) is 12.8 Å². The van der Waals surface area contributed by atoms with Crippen molar-refractivity contribution in [1.29, 1.82) is 0 Å². The van der Waals surface area contributed by atoms with Crippen LogP contribution in [0.1, 0.15) is 36.8 Å². The SMILES string of the molecule is CCCN1CC[C@@H](c2ccc(NS(=O)(=O)c3cc(F)cc(C(F)(F)F)c3)cc2)C1. The minimum atomic E-state index is -4.85. The summed E-state index contributed by atoms with van der Waals surface area (Å²) in [5.74, 6) is -0.904. The van der Waals surface area contributed by atoms with Crippen molar-refractivity contribution in [3.63, 3.8) is 0 Å². The zero-order valence-electron chi connectivity index (χ0n) is 15.8. The molecule has 1 atom stereocenters. The molecule has 29 heavy (non-hydrogen) atoms. The molecule has 1 saturated heterocycles. The fraction of sp³-hybridized carbons (Fsp3) is 0.400. The molecule has 0 unspecified atom stereocenters. The summed E-state index contributed by atoms with van der Waals surface area (Å²) in [6.45, 7) is 5.14. The van der Waals surface area contributed by atoms with Crippen molar-refractivity contribution in [1.82, 2.24) is 4.90 Å². The Bertz CT molecular complexity index is 959. The second-order valence-corrected chi connectivity index (χ2v) is 8.87. The van der Waals surface area contributed by atoms with Crippen LogP contribution in [0.15, 0.2) is 47.4 Å². The van der Waals surface area contributed by atoms with E-state index in [2.05, 4.69) is 16.5 Å². The topological polar surface area (TPSA) is 49.4 Å². The summed E-state index contributed by atoms with van der Waals surface area (Å²) in [6.07, 6.45) is -2.74. The molecule has 2 aromatic rings. The Morgan fingerprint density at radius 1 is 1.14 bits per heavy atom. The average Bonchev–Trinajstić information content (AvgIpc) is 3.10. The molecule has 4 nitrogen and oxygen atoms in total. The number of likely N-dealkylation sites (tertiary alicyclic amines) is 1. The highest BCUT2D eigenvalue weighted by Crippen LogP contribution is 2.32. The first-order valence-corrected chi connectivity index (χ1v) is 10.8. The number of halogens is 4. The van der Waals surface area contributed by atoms with E-state index in [9.17, 15) is 26.0 Å². The summed E-state index contributed by atoms with van der Waals surface area (Å²) in [7, 11) is -4.36. The minimum Gasteiger partial charge on any atom is -0.303 e. The summed E-state index contributed by atoms with van der Waals surface area (Å²) >= 11 is 0. The molecule has 0 aliphatic carbocycles. The molecule has 2 aromatic carbocycles. The number of hydrogen-bond acceptors (Lipinski definition) is 3. The zero-order valence-corrected chi connectivity index (χ0v) is 16.7.